The number of alkyl halides is 4. The normalized spacial score (nSPS) is 13.1. The van der Waals surface area contributed by atoms with Crippen molar-refractivity contribution in [1.29, 1.82) is 0 Å². The van der Waals surface area contributed by atoms with Crippen LogP contribution in [0.15, 0.2) is 30.5 Å². The van der Waals surface area contributed by atoms with Crippen LogP contribution < -0.4 is 15.4 Å². The van der Waals surface area contributed by atoms with E-state index in [1.807, 2.05) is 0 Å². The van der Waals surface area contributed by atoms with Crippen molar-refractivity contribution in [2.24, 2.45) is 0 Å². The topological polar surface area (TPSA) is 111 Å². The van der Waals surface area contributed by atoms with Gasteiger partial charge in [-0.1, -0.05) is 6.07 Å². The Morgan fingerprint density at radius 3 is 2.33 bits per heavy atom. The monoisotopic (exact) mass is 560 g/mol. The second-order valence-electron chi connectivity index (χ2n) is 8.79. The first-order valence-electron chi connectivity index (χ1n) is 11.2. The van der Waals surface area contributed by atoms with Gasteiger partial charge in [-0.05, 0) is 44.5 Å². The Labute approximate surface area is 217 Å². The number of aryl methyl sites for hydroxylation is 2. The fourth-order valence-electron chi connectivity index (χ4n) is 3.46. The van der Waals surface area contributed by atoms with Crippen LogP contribution in [-0.2, 0) is 16.1 Å². The Hall–Kier alpha value is -4.30. The summed E-state index contributed by atoms with van der Waals surface area (Å²) in [5.41, 5.74) is -1.41. The van der Waals surface area contributed by atoms with Gasteiger partial charge in [-0.3, -0.25) is 9.20 Å². The lowest BCUT2D eigenvalue weighted by Crippen LogP contribution is -2.56. The third-order valence-electron chi connectivity index (χ3n) is 5.40. The number of hydrogen-bond donors (Lipinski definition) is 2. The third-order valence-corrected chi connectivity index (χ3v) is 5.40. The van der Waals surface area contributed by atoms with Gasteiger partial charge in [0.15, 0.2) is 11.4 Å². The van der Waals surface area contributed by atoms with Gasteiger partial charge in [-0.25, -0.2) is 27.7 Å². The number of hydrogen-bond acceptors (Lipinski definition) is 6. The van der Waals surface area contributed by atoms with Crippen LogP contribution in [0.2, 0.25) is 0 Å². The molecule has 0 saturated carbocycles. The zero-order valence-electron chi connectivity index (χ0n) is 20.7. The Balaban J connectivity index is 1.79. The van der Waals surface area contributed by atoms with E-state index >= 15 is 0 Å². The summed E-state index contributed by atoms with van der Waals surface area (Å²) < 4.78 is 89.1. The number of rotatable bonds is 8. The molecule has 1 aromatic carbocycles. The van der Waals surface area contributed by atoms with Crippen LogP contribution in [0.5, 0.6) is 5.75 Å². The molecule has 9 nitrogen and oxygen atoms in total. The van der Waals surface area contributed by atoms with E-state index in [0.29, 0.717) is 5.56 Å². The van der Waals surface area contributed by atoms with Gasteiger partial charge < -0.3 is 20.1 Å². The number of esters is 1. The molecule has 0 aliphatic heterocycles. The molecule has 0 bridgehead atoms. The lowest BCUT2D eigenvalue weighted by atomic mass is 10.1. The van der Waals surface area contributed by atoms with E-state index in [1.165, 1.54) is 23.6 Å². The zero-order valence-corrected chi connectivity index (χ0v) is 20.7. The van der Waals surface area contributed by atoms with Gasteiger partial charge in [0.2, 0.25) is 0 Å². The van der Waals surface area contributed by atoms with E-state index in [0.717, 1.165) is 19.1 Å². The van der Waals surface area contributed by atoms with Gasteiger partial charge in [-0.15, -0.1) is 0 Å². The number of imidazole rings is 1. The maximum Gasteiger partial charge on any atom is 0.491 e. The van der Waals surface area contributed by atoms with Crippen molar-refractivity contribution in [3.05, 3.63) is 64.6 Å². The molecule has 0 saturated heterocycles. The quantitative estimate of drug-likeness (QED) is 0.244. The van der Waals surface area contributed by atoms with Gasteiger partial charge in [0.05, 0.1) is 16.8 Å². The lowest BCUT2D eigenvalue weighted by molar-refractivity contribution is -0.193. The number of ether oxygens (including phenoxy) is 2. The van der Waals surface area contributed by atoms with E-state index in [-0.39, 0.29) is 28.3 Å². The number of benzene rings is 1. The Morgan fingerprint density at radius 1 is 1.10 bits per heavy atom. The first kappa shape index (κ1) is 29.3. The number of aromatic nitrogens is 2. The molecule has 0 aliphatic carbocycles. The minimum absolute atomic E-state index is 0.0355. The number of pyridine rings is 1. The lowest BCUT2D eigenvalue weighted by Gasteiger charge is -2.27. The molecular formula is C24H22F6N4O5. The summed E-state index contributed by atoms with van der Waals surface area (Å²) in [7, 11) is 0. The summed E-state index contributed by atoms with van der Waals surface area (Å²) in [6, 6.07) is 4.89. The van der Waals surface area contributed by atoms with Crippen molar-refractivity contribution >= 4 is 23.6 Å². The van der Waals surface area contributed by atoms with Crippen LogP contribution >= 0.6 is 0 Å². The molecule has 39 heavy (non-hydrogen) atoms. The van der Waals surface area contributed by atoms with Crippen molar-refractivity contribution in [2.75, 3.05) is 13.2 Å². The highest BCUT2D eigenvalue weighted by Gasteiger charge is 2.43. The molecule has 1 unspecified atom stereocenters. The predicted molar refractivity (Wildman–Crippen MR) is 123 cm³/mol. The Kier molecular flexibility index (Phi) is 8.41. The van der Waals surface area contributed by atoms with Crippen molar-refractivity contribution in [3.8, 4) is 5.75 Å². The second-order valence-corrected chi connectivity index (χ2v) is 8.79. The number of amides is 2. The van der Waals surface area contributed by atoms with E-state index in [9.17, 15) is 40.7 Å². The van der Waals surface area contributed by atoms with Crippen LogP contribution in [0.1, 0.15) is 34.2 Å². The summed E-state index contributed by atoms with van der Waals surface area (Å²) in [6.45, 7) is 1.75. The van der Waals surface area contributed by atoms with Crippen LogP contribution in [0, 0.1) is 25.5 Å². The largest absolute Gasteiger partial charge is 0.491 e. The van der Waals surface area contributed by atoms with Gasteiger partial charge in [0, 0.05) is 12.7 Å². The first-order valence-corrected chi connectivity index (χ1v) is 11.2. The van der Waals surface area contributed by atoms with Crippen LogP contribution in [0.4, 0.5) is 31.1 Å². The summed E-state index contributed by atoms with van der Waals surface area (Å²) in [5.74, 6) is -5.12. The minimum atomic E-state index is -5.44. The molecule has 0 spiro atoms. The van der Waals surface area contributed by atoms with Crippen molar-refractivity contribution < 1.29 is 50.2 Å². The highest BCUT2D eigenvalue weighted by molar-refractivity contribution is 5.95. The number of nitrogens with zero attached hydrogens (tertiary/aromatic N) is 2. The fraction of sp³-hybridized carbons (Fsp3) is 0.333. The van der Waals surface area contributed by atoms with Crippen LogP contribution in [0.25, 0.3) is 5.65 Å². The van der Waals surface area contributed by atoms with E-state index < -0.39 is 61.1 Å². The van der Waals surface area contributed by atoms with Gasteiger partial charge in [0.25, 0.3) is 5.91 Å². The summed E-state index contributed by atoms with van der Waals surface area (Å²) >= 11 is 0. The molecule has 2 heterocycles. The summed E-state index contributed by atoms with van der Waals surface area (Å²) in [5, 5.41) is 4.14. The van der Waals surface area contributed by atoms with E-state index in [4.69, 9.17) is 4.74 Å². The maximum absolute atomic E-state index is 14.0. The SMILES string of the molecule is Cc1cc(OCc2c(F)cccc2F)c2nc(C)c(C(=O)NCC(C)(CF)NC(=O)OC(=O)C(F)(F)F)n2c1. The third kappa shape index (κ3) is 6.78. The summed E-state index contributed by atoms with van der Waals surface area (Å²) in [6.07, 6.45) is -5.78. The average Bonchev–Trinajstić information content (AvgIpc) is 3.17. The molecule has 3 rings (SSSR count). The van der Waals surface area contributed by atoms with Gasteiger partial charge >= 0.3 is 18.2 Å². The Bertz CT molecular complexity index is 1400. The molecule has 0 aliphatic rings. The first-order chi connectivity index (χ1) is 18.1. The van der Waals surface area contributed by atoms with Crippen molar-refractivity contribution in [3.63, 3.8) is 0 Å². The molecule has 210 valence electrons. The van der Waals surface area contributed by atoms with E-state index in [2.05, 4.69) is 15.0 Å². The number of halogens is 6. The molecule has 3 aromatic rings. The zero-order chi connectivity index (χ0) is 29.1. The number of fused-ring (bicyclic) bond motifs is 1. The summed E-state index contributed by atoms with van der Waals surface area (Å²) in [4.78, 5) is 39.8. The molecule has 2 N–H and O–H groups in total. The smallest absolute Gasteiger partial charge is 0.485 e. The number of carbonyl (C=O) groups excluding carboxylic acids is 3. The molecule has 0 fully saturated rings. The number of alkyl carbamates (subject to hydrolysis) is 1. The molecule has 0 radical (unpaired) electrons. The standard InChI is InChI=1S/C24H22F6N4O5/c1-12-7-17(38-9-14-15(26)5-4-6-16(14)27)19-32-13(2)18(34(19)8-12)20(35)31-11-23(3,10-25)33-22(37)39-21(36)24(28,29)30/h4-8H,9-11H2,1-3H3,(H,31,35)(H,33,37). The average molecular weight is 560 g/mol. The van der Waals surface area contributed by atoms with Crippen LogP contribution in [-0.4, -0.2) is 52.3 Å². The molecular weight excluding hydrogens is 538 g/mol. The van der Waals surface area contributed by atoms with Gasteiger partial charge in [-0.2, -0.15) is 13.2 Å². The maximum atomic E-state index is 14.0. The highest BCUT2D eigenvalue weighted by Crippen LogP contribution is 2.26. The highest BCUT2D eigenvalue weighted by atomic mass is 19.4. The molecule has 2 amide bonds. The molecule has 1 atom stereocenters. The number of nitrogens with one attached hydrogen (secondary N) is 2. The fourth-order valence-corrected chi connectivity index (χ4v) is 3.46. The number of carbonyl (C=O) groups is 3. The van der Waals surface area contributed by atoms with Crippen molar-refractivity contribution in [1.82, 2.24) is 20.0 Å². The van der Waals surface area contributed by atoms with Crippen LogP contribution in [0.3, 0.4) is 0 Å². The van der Waals surface area contributed by atoms with Gasteiger partial charge in [0.1, 0.15) is 30.6 Å². The molecule has 15 heteroatoms. The molecule has 2 aromatic heterocycles. The van der Waals surface area contributed by atoms with Crippen molar-refractivity contribution in [2.45, 2.75) is 39.1 Å². The minimum Gasteiger partial charge on any atom is -0.485 e. The van der Waals surface area contributed by atoms with E-state index in [1.54, 1.807) is 18.3 Å². The second kappa shape index (κ2) is 11.2. The predicted octanol–water partition coefficient (Wildman–Crippen LogP) is 4.08. The Morgan fingerprint density at radius 2 is 1.74 bits per heavy atom.